The summed E-state index contributed by atoms with van der Waals surface area (Å²) in [6.07, 6.45) is 4.30. The van der Waals surface area contributed by atoms with E-state index in [1.54, 1.807) is 0 Å². The number of hydrogen-bond acceptors (Lipinski definition) is 2. The summed E-state index contributed by atoms with van der Waals surface area (Å²) >= 11 is 0. The Morgan fingerprint density at radius 3 is 0.730 bits per heavy atom. The maximum absolute atomic E-state index is 5.39. The number of rotatable bonds is 0. The zero-order valence-corrected chi connectivity index (χ0v) is 29.3. The summed E-state index contributed by atoms with van der Waals surface area (Å²) in [6.45, 7) is 47.0. The summed E-state index contributed by atoms with van der Waals surface area (Å²) in [4.78, 5) is 2.43. The average Bonchev–Trinajstić information content (AvgIpc) is 2.41. The molecule has 222 valence electrons. The quantitative estimate of drug-likeness (QED) is 0.314. The van der Waals surface area contributed by atoms with Crippen LogP contribution < -0.4 is 0 Å². The van der Waals surface area contributed by atoms with Crippen LogP contribution in [0.15, 0.2) is 0 Å². The maximum atomic E-state index is 5.39. The smallest absolute Gasteiger partial charge is 0.0554 e. The van der Waals surface area contributed by atoms with Crippen LogP contribution in [0.2, 0.25) is 0 Å². The predicted molar refractivity (Wildman–Crippen MR) is 166 cm³/mol. The third-order valence-electron chi connectivity index (χ3n) is 11.6. The van der Waals surface area contributed by atoms with Gasteiger partial charge in [-0.2, -0.15) is 0 Å². The zero-order valence-electron chi connectivity index (χ0n) is 29.3. The van der Waals surface area contributed by atoms with Crippen LogP contribution in [0.4, 0.5) is 0 Å². The molecule has 0 unspecified atom stereocenters. The van der Waals surface area contributed by atoms with E-state index in [2.05, 4.69) is 137 Å². The van der Waals surface area contributed by atoms with Gasteiger partial charge in [0.1, 0.15) is 0 Å². The van der Waals surface area contributed by atoms with Crippen LogP contribution in [-0.2, 0) is 4.74 Å². The van der Waals surface area contributed by atoms with Gasteiger partial charge >= 0.3 is 0 Å². The molecule has 2 heteroatoms. The predicted octanol–water partition coefficient (Wildman–Crippen LogP) is 10.4. The first-order chi connectivity index (χ1) is 16.0. The van der Waals surface area contributed by atoms with Gasteiger partial charge in [0.25, 0.3) is 0 Å². The van der Waals surface area contributed by atoms with E-state index in [9.17, 15) is 0 Å². The van der Waals surface area contributed by atoms with E-state index < -0.39 is 0 Å². The van der Waals surface area contributed by atoms with Crippen LogP contribution in [0, 0.1) is 48.7 Å². The lowest BCUT2D eigenvalue weighted by Crippen LogP contribution is -2.66. The molecule has 2 saturated heterocycles. The summed E-state index contributed by atoms with van der Waals surface area (Å²) in [5, 5.41) is 0. The van der Waals surface area contributed by atoms with Gasteiger partial charge in [-0.25, -0.2) is 0 Å². The van der Waals surface area contributed by atoms with Crippen molar-refractivity contribution < 1.29 is 4.74 Å². The molecule has 1 aliphatic carbocycles. The normalized spacial score (nSPS) is 23.8. The van der Waals surface area contributed by atoms with Gasteiger partial charge in [-0.15, -0.1) is 0 Å². The fourth-order valence-corrected chi connectivity index (χ4v) is 8.40. The molecular formula is C35H71NO. The Kier molecular flexibility index (Phi) is 9.82. The van der Waals surface area contributed by atoms with Crippen molar-refractivity contribution in [2.75, 3.05) is 33.4 Å². The van der Waals surface area contributed by atoms with Crippen LogP contribution in [0.5, 0.6) is 0 Å². The first kappa shape index (κ1) is 34.9. The maximum Gasteiger partial charge on any atom is 0.0554 e. The van der Waals surface area contributed by atoms with Crippen LogP contribution >= 0.6 is 0 Å². The molecule has 0 aromatic carbocycles. The van der Waals surface area contributed by atoms with E-state index in [1.807, 2.05) is 0 Å². The highest BCUT2D eigenvalue weighted by atomic mass is 16.5. The lowest BCUT2D eigenvalue weighted by molar-refractivity contribution is -0.224. The molecule has 3 fully saturated rings. The fraction of sp³-hybridized carbons (Fsp3) is 1.00. The van der Waals surface area contributed by atoms with Gasteiger partial charge in [0, 0.05) is 23.9 Å². The Morgan fingerprint density at radius 2 is 0.703 bits per heavy atom. The molecule has 0 atom stereocenters. The number of hydrogen-bond donors (Lipinski definition) is 0. The minimum absolute atomic E-state index is 0.351. The molecule has 0 radical (unpaired) electrons. The molecule has 1 saturated carbocycles. The fourth-order valence-electron chi connectivity index (χ4n) is 8.40. The van der Waals surface area contributed by atoms with Crippen molar-refractivity contribution in [3.8, 4) is 0 Å². The topological polar surface area (TPSA) is 12.5 Å². The lowest BCUT2D eigenvalue weighted by atomic mass is 9.45. The molecule has 2 nitrogen and oxygen atoms in total. The minimum Gasteiger partial charge on any atom is -0.380 e. The van der Waals surface area contributed by atoms with Crippen molar-refractivity contribution in [2.45, 2.75) is 144 Å². The number of nitrogens with zero attached hydrogens (tertiary/aromatic N) is 1. The Bertz CT molecular complexity index is 629. The molecule has 3 rings (SSSR count). The van der Waals surface area contributed by atoms with Crippen molar-refractivity contribution in [1.82, 2.24) is 4.90 Å². The van der Waals surface area contributed by atoms with E-state index in [0.717, 1.165) is 13.2 Å². The SMILES string of the molecule is CC(C)(C)C1(C(C)(C)C)CCC1.CC(C)(C)C1(C(C)(C)C)COC1.CN1CC(C(C)(C)C)(C(C)(C)C)C1. The molecule has 0 aromatic rings. The van der Waals surface area contributed by atoms with Gasteiger partial charge in [-0.05, 0) is 57.8 Å². The second-order valence-electron chi connectivity index (χ2n) is 19.3. The van der Waals surface area contributed by atoms with Gasteiger partial charge in [0.05, 0.1) is 13.2 Å². The van der Waals surface area contributed by atoms with Crippen LogP contribution in [0.3, 0.4) is 0 Å². The molecule has 3 aliphatic rings. The Labute approximate surface area is 235 Å². The zero-order chi connectivity index (χ0) is 29.7. The number of likely N-dealkylation sites (tertiary alicyclic amines) is 1. The average molecular weight is 522 g/mol. The lowest BCUT2D eigenvalue weighted by Gasteiger charge is -2.63. The standard InChI is InChI=1S/C12H25N.C12H24.C11H22O/c1-10(2,3)12(11(4,5)6)8-13(7)9-12;1-10(2,3)12(8-7-9-12)11(4,5)6;1-9(2,3)11(7-12-8-11)10(4,5)6/h8-9H2,1-7H3;7-9H2,1-6H3;7-8H2,1-6H3. The summed E-state index contributed by atoms with van der Waals surface area (Å²) in [6, 6.07) is 0. The van der Waals surface area contributed by atoms with Crippen molar-refractivity contribution in [3.05, 3.63) is 0 Å². The molecule has 0 spiro atoms. The molecule has 37 heavy (non-hydrogen) atoms. The van der Waals surface area contributed by atoms with Crippen LogP contribution in [0.1, 0.15) is 144 Å². The van der Waals surface area contributed by atoms with Gasteiger partial charge < -0.3 is 9.64 Å². The molecule has 2 heterocycles. The summed E-state index contributed by atoms with van der Waals surface area (Å²) in [7, 11) is 2.22. The first-order valence-corrected chi connectivity index (χ1v) is 15.3. The van der Waals surface area contributed by atoms with Crippen molar-refractivity contribution in [1.29, 1.82) is 0 Å². The minimum atomic E-state index is 0.351. The second kappa shape index (κ2) is 10.4. The van der Waals surface area contributed by atoms with E-state index in [-0.39, 0.29) is 0 Å². The Morgan fingerprint density at radius 1 is 0.432 bits per heavy atom. The van der Waals surface area contributed by atoms with Crippen molar-refractivity contribution in [2.24, 2.45) is 48.7 Å². The van der Waals surface area contributed by atoms with Gasteiger partial charge in [-0.3, -0.25) is 0 Å². The molecule has 0 bridgehead atoms. The third kappa shape index (κ3) is 6.47. The number of ether oxygens (including phenoxy) is 1. The van der Waals surface area contributed by atoms with Crippen LogP contribution in [0.25, 0.3) is 0 Å². The highest BCUT2D eigenvalue weighted by Crippen LogP contribution is 2.63. The summed E-state index contributed by atoms with van der Waals surface area (Å²) in [5.41, 5.74) is 3.95. The third-order valence-corrected chi connectivity index (χ3v) is 11.6. The monoisotopic (exact) mass is 522 g/mol. The summed E-state index contributed by atoms with van der Waals surface area (Å²) < 4.78 is 5.39. The second-order valence-corrected chi connectivity index (χ2v) is 19.3. The highest BCUT2D eigenvalue weighted by Gasteiger charge is 2.57. The van der Waals surface area contributed by atoms with Gasteiger partial charge in [-0.1, -0.05) is 131 Å². The van der Waals surface area contributed by atoms with E-state index in [0.29, 0.717) is 48.7 Å². The van der Waals surface area contributed by atoms with Crippen LogP contribution in [-0.4, -0.2) is 38.3 Å². The highest BCUT2D eigenvalue weighted by molar-refractivity contribution is 5.07. The van der Waals surface area contributed by atoms with E-state index in [4.69, 9.17) is 4.74 Å². The largest absolute Gasteiger partial charge is 0.380 e. The van der Waals surface area contributed by atoms with Crippen molar-refractivity contribution in [3.63, 3.8) is 0 Å². The van der Waals surface area contributed by atoms with Gasteiger partial charge in [0.2, 0.25) is 0 Å². The Balaban J connectivity index is 0.000000278. The molecule has 0 aromatic heterocycles. The molecule has 0 N–H and O–H groups in total. The summed E-state index contributed by atoms with van der Waals surface area (Å²) in [5.74, 6) is 0. The van der Waals surface area contributed by atoms with Crippen molar-refractivity contribution >= 4 is 0 Å². The van der Waals surface area contributed by atoms with Gasteiger partial charge in [0.15, 0.2) is 0 Å². The van der Waals surface area contributed by atoms with E-state index in [1.165, 1.54) is 32.4 Å². The Hall–Kier alpha value is -0.0800. The molecular weight excluding hydrogens is 450 g/mol. The van der Waals surface area contributed by atoms with E-state index >= 15 is 0 Å². The molecule has 0 amide bonds. The molecule has 2 aliphatic heterocycles. The first-order valence-electron chi connectivity index (χ1n) is 15.3.